The van der Waals surface area contributed by atoms with Crippen LogP contribution in [0.1, 0.15) is 43.7 Å². The largest absolute Gasteiger partial charge is 0.486 e. The van der Waals surface area contributed by atoms with Gasteiger partial charge in [0, 0.05) is 23.7 Å². The van der Waals surface area contributed by atoms with Gasteiger partial charge in [0.25, 0.3) is 5.91 Å². The highest BCUT2D eigenvalue weighted by Crippen LogP contribution is 2.50. The van der Waals surface area contributed by atoms with Crippen molar-refractivity contribution in [2.24, 2.45) is 0 Å². The highest BCUT2D eigenvalue weighted by molar-refractivity contribution is 6.05. The van der Waals surface area contributed by atoms with Crippen molar-refractivity contribution in [1.82, 2.24) is 0 Å². The topological polar surface area (TPSA) is 76.7 Å². The van der Waals surface area contributed by atoms with Crippen molar-refractivity contribution < 1.29 is 32.2 Å². The molecule has 1 unspecified atom stereocenters. The van der Waals surface area contributed by atoms with Gasteiger partial charge in [-0.25, -0.2) is 0 Å². The van der Waals surface area contributed by atoms with Gasteiger partial charge >= 0.3 is 6.18 Å². The number of halogens is 3. The molecule has 5 rings (SSSR count). The Hall–Kier alpha value is -3.49. The lowest BCUT2D eigenvalue weighted by atomic mass is 9.72. The second kappa shape index (κ2) is 7.54. The molecule has 2 aromatic rings. The summed E-state index contributed by atoms with van der Waals surface area (Å²) in [6.07, 6.45) is -0.846. The van der Waals surface area contributed by atoms with Gasteiger partial charge in [-0.1, -0.05) is 6.07 Å². The van der Waals surface area contributed by atoms with Gasteiger partial charge in [0.1, 0.15) is 17.1 Å². The molecule has 1 saturated carbocycles. The maximum Gasteiger partial charge on any atom is 0.416 e. The average Bonchev–Trinajstić information content (AvgIpc) is 2.72. The van der Waals surface area contributed by atoms with Gasteiger partial charge in [0.05, 0.1) is 11.3 Å². The van der Waals surface area contributed by atoms with Crippen molar-refractivity contribution in [2.45, 2.75) is 50.5 Å². The Morgan fingerprint density at radius 2 is 1.97 bits per heavy atom. The third kappa shape index (κ3) is 4.03. The number of hydrogen-bond donors (Lipinski definition) is 2. The number of carbonyl (C=O) groups excluding carboxylic acids is 2. The van der Waals surface area contributed by atoms with E-state index in [2.05, 4.69) is 10.6 Å². The van der Waals surface area contributed by atoms with E-state index in [1.54, 1.807) is 25.1 Å². The van der Waals surface area contributed by atoms with Crippen LogP contribution in [-0.4, -0.2) is 23.5 Å². The molecule has 1 aliphatic carbocycles. The molecule has 2 N–H and O–H groups in total. The average molecular weight is 458 g/mol. The Morgan fingerprint density at radius 1 is 1.18 bits per heavy atom. The number of anilines is 2. The van der Waals surface area contributed by atoms with E-state index < -0.39 is 29.4 Å². The molecule has 172 valence electrons. The fourth-order valence-corrected chi connectivity index (χ4v) is 4.36. The number of amides is 2. The van der Waals surface area contributed by atoms with Crippen LogP contribution in [0.3, 0.4) is 0 Å². The summed E-state index contributed by atoms with van der Waals surface area (Å²) < 4.78 is 51.1. The Labute approximate surface area is 187 Å². The molecule has 2 amide bonds. The molecule has 2 aromatic carbocycles. The highest BCUT2D eigenvalue weighted by atomic mass is 19.4. The first-order chi connectivity index (χ1) is 15.6. The van der Waals surface area contributed by atoms with E-state index in [0.717, 1.165) is 31.4 Å². The zero-order chi connectivity index (χ0) is 23.4. The maximum atomic E-state index is 13.2. The van der Waals surface area contributed by atoms with Gasteiger partial charge in [0.15, 0.2) is 6.10 Å². The summed E-state index contributed by atoms with van der Waals surface area (Å²) in [4.78, 5) is 24.6. The van der Waals surface area contributed by atoms with E-state index in [-0.39, 0.29) is 11.7 Å². The van der Waals surface area contributed by atoms with E-state index in [0.29, 0.717) is 34.7 Å². The van der Waals surface area contributed by atoms with Crippen LogP contribution < -0.4 is 20.1 Å². The van der Waals surface area contributed by atoms with Crippen LogP contribution in [0.4, 0.5) is 24.5 Å². The summed E-state index contributed by atoms with van der Waals surface area (Å²) in [6.45, 7) is 1.64. The number of rotatable bonds is 2. The van der Waals surface area contributed by atoms with Crippen LogP contribution in [0, 0.1) is 0 Å². The van der Waals surface area contributed by atoms with Crippen molar-refractivity contribution in [1.29, 1.82) is 0 Å². The van der Waals surface area contributed by atoms with E-state index in [1.165, 1.54) is 12.1 Å². The summed E-state index contributed by atoms with van der Waals surface area (Å²) in [7, 11) is 0. The fraction of sp³-hybridized carbons (Fsp3) is 0.333. The summed E-state index contributed by atoms with van der Waals surface area (Å²) in [5.41, 5.74) is 0.670. The summed E-state index contributed by atoms with van der Waals surface area (Å²) in [5, 5.41) is 5.47. The summed E-state index contributed by atoms with van der Waals surface area (Å²) in [6, 6.07) is 8.26. The van der Waals surface area contributed by atoms with Crippen LogP contribution >= 0.6 is 0 Å². The molecule has 0 saturated heterocycles. The van der Waals surface area contributed by atoms with Gasteiger partial charge in [0.2, 0.25) is 5.91 Å². The van der Waals surface area contributed by atoms with E-state index in [4.69, 9.17) is 9.47 Å². The molecule has 1 fully saturated rings. The van der Waals surface area contributed by atoms with E-state index >= 15 is 0 Å². The highest BCUT2D eigenvalue weighted by Gasteiger charge is 2.44. The number of ether oxygens (including phenoxy) is 2. The summed E-state index contributed by atoms with van der Waals surface area (Å²) in [5.74, 6) is -0.0543. The van der Waals surface area contributed by atoms with Gasteiger partial charge in [-0.15, -0.1) is 0 Å². The second-order valence-electron chi connectivity index (χ2n) is 8.64. The zero-order valence-corrected chi connectivity index (χ0v) is 17.7. The molecular weight excluding hydrogens is 437 g/mol. The van der Waals surface area contributed by atoms with Crippen LogP contribution in [0.25, 0.3) is 5.57 Å². The second-order valence-corrected chi connectivity index (χ2v) is 8.64. The molecule has 0 aromatic heterocycles. The number of nitrogens with one attached hydrogen (secondary N) is 2. The van der Waals surface area contributed by atoms with Crippen molar-refractivity contribution >= 4 is 28.8 Å². The van der Waals surface area contributed by atoms with Crippen molar-refractivity contribution in [3.63, 3.8) is 0 Å². The lowest BCUT2D eigenvalue weighted by Gasteiger charge is -2.46. The van der Waals surface area contributed by atoms with Crippen molar-refractivity contribution in [3.05, 3.63) is 53.6 Å². The summed E-state index contributed by atoms with van der Waals surface area (Å²) >= 11 is 0. The van der Waals surface area contributed by atoms with Gasteiger partial charge < -0.3 is 20.1 Å². The number of alkyl halides is 3. The number of hydrogen-bond acceptors (Lipinski definition) is 4. The predicted octanol–water partition coefficient (Wildman–Crippen LogP) is 5.15. The van der Waals surface area contributed by atoms with Crippen LogP contribution in [0.15, 0.2) is 42.5 Å². The lowest BCUT2D eigenvalue weighted by molar-refractivity contribution is -0.138. The number of fused-ring (bicyclic) bond motifs is 2. The van der Waals surface area contributed by atoms with Gasteiger partial charge in [-0.05, 0) is 62.1 Å². The third-order valence-corrected chi connectivity index (χ3v) is 6.24. The lowest BCUT2D eigenvalue weighted by Crippen LogP contribution is -2.45. The fourth-order valence-electron chi connectivity index (χ4n) is 4.36. The van der Waals surface area contributed by atoms with E-state index in [1.807, 2.05) is 0 Å². The Balaban J connectivity index is 1.41. The molecule has 9 heteroatoms. The van der Waals surface area contributed by atoms with Crippen LogP contribution in [-0.2, 0) is 15.8 Å². The molecule has 2 aliphatic heterocycles. The Kier molecular flexibility index (Phi) is 4.88. The molecule has 1 atom stereocenters. The third-order valence-electron chi connectivity index (χ3n) is 6.24. The zero-order valence-electron chi connectivity index (χ0n) is 17.7. The molecule has 1 spiro atoms. The molecule has 0 bridgehead atoms. The molecule has 6 nitrogen and oxygen atoms in total. The van der Waals surface area contributed by atoms with Gasteiger partial charge in [-0.3, -0.25) is 9.59 Å². The molecule has 2 heterocycles. The maximum absolute atomic E-state index is 13.2. The number of benzene rings is 2. The van der Waals surface area contributed by atoms with Gasteiger partial charge in [-0.2, -0.15) is 13.2 Å². The minimum absolute atomic E-state index is 0.151. The monoisotopic (exact) mass is 458 g/mol. The number of carbonyl (C=O) groups is 2. The predicted molar refractivity (Wildman–Crippen MR) is 115 cm³/mol. The molecule has 0 radical (unpaired) electrons. The minimum atomic E-state index is -4.48. The normalized spacial score (nSPS) is 21.8. The smallest absolute Gasteiger partial charge is 0.416 e. The molecular formula is C24H21F3N2O4. The molecule has 33 heavy (non-hydrogen) atoms. The standard InChI is InChI=1S/C24H21F3N2O4/c1-13-22(31)29-18-11-16(4-6-19(18)32-13)28-21(30)9-14-12-23(7-2-8-23)33-20-10-15(24(25,26)27)3-5-17(14)20/h3-6,9-11,13H,2,7-8,12H2,1H3,(H,28,30)(H,29,31)/b14-9+. The first-order valence-electron chi connectivity index (χ1n) is 10.7. The Morgan fingerprint density at radius 3 is 2.67 bits per heavy atom. The minimum Gasteiger partial charge on any atom is -0.486 e. The van der Waals surface area contributed by atoms with Crippen molar-refractivity contribution in [2.75, 3.05) is 10.6 Å². The first-order valence-corrected chi connectivity index (χ1v) is 10.7. The van der Waals surface area contributed by atoms with Crippen LogP contribution in [0.2, 0.25) is 0 Å². The quantitative estimate of drug-likeness (QED) is 0.610. The Bertz CT molecular complexity index is 1180. The first kappa shape index (κ1) is 21.4. The SMILES string of the molecule is CC1Oc2ccc(NC(=O)/C=C3\CC4(CCC4)Oc4cc(C(F)(F)F)ccc43)cc2NC1=O. The van der Waals surface area contributed by atoms with Crippen LogP contribution in [0.5, 0.6) is 11.5 Å². The van der Waals surface area contributed by atoms with Crippen molar-refractivity contribution in [3.8, 4) is 11.5 Å². The van der Waals surface area contributed by atoms with E-state index in [9.17, 15) is 22.8 Å². The molecule has 3 aliphatic rings.